The van der Waals surface area contributed by atoms with E-state index in [1.807, 2.05) is 0 Å². The zero-order valence-electron chi connectivity index (χ0n) is 18.9. The molecule has 33 heavy (non-hydrogen) atoms. The lowest BCUT2D eigenvalue weighted by Crippen LogP contribution is -2.62. The monoisotopic (exact) mass is 480 g/mol. The van der Waals surface area contributed by atoms with Crippen molar-refractivity contribution in [3.63, 3.8) is 0 Å². The number of carbonyl (C=O) groups excluding carboxylic acids is 2. The second kappa shape index (κ2) is 8.11. The number of hydrogen-bond acceptors (Lipinski definition) is 6. The standard InChI is InChI=1S/C23H33FN4O4S/c1-14-7-18(24)3-4-19(14)28-6-2-5-27(33(28,31)32)13-20(29)26-21-16-8-15-9-17(21)12-23(10-15,11-16)22(25)30/h3-4,7,15-17,21,31-32H,2,5-6,8-13H2,1H3,(H2,25,30)(H,26,29). The van der Waals surface area contributed by atoms with Gasteiger partial charge in [-0.25, -0.2) is 4.39 Å². The first-order chi connectivity index (χ1) is 15.6. The van der Waals surface area contributed by atoms with E-state index in [2.05, 4.69) is 5.32 Å². The van der Waals surface area contributed by atoms with Gasteiger partial charge < -0.3 is 11.1 Å². The molecule has 5 fully saturated rings. The Morgan fingerprint density at radius 1 is 1.21 bits per heavy atom. The van der Waals surface area contributed by atoms with Crippen LogP contribution in [0.5, 0.6) is 0 Å². The van der Waals surface area contributed by atoms with Gasteiger partial charge in [0, 0.05) is 24.5 Å². The summed E-state index contributed by atoms with van der Waals surface area (Å²) in [6.45, 7) is 2.40. The van der Waals surface area contributed by atoms with Gasteiger partial charge in [-0.15, -0.1) is 0 Å². The second-order valence-corrected chi connectivity index (χ2v) is 12.4. The van der Waals surface area contributed by atoms with E-state index in [9.17, 15) is 23.1 Å². The smallest absolute Gasteiger partial charge is 0.236 e. The third-order valence-electron chi connectivity index (χ3n) is 8.28. The van der Waals surface area contributed by atoms with Gasteiger partial charge in [-0.3, -0.25) is 23.0 Å². The normalized spacial score (nSPS) is 35.9. The molecular weight excluding hydrogens is 447 g/mol. The van der Waals surface area contributed by atoms with Crippen molar-refractivity contribution in [3.8, 4) is 0 Å². The van der Waals surface area contributed by atoms with E-state index in [0.29, 0.717) is 36.7 Å². The van der Waals surface area contributed by atoms with Gasteiger partial charge in [0.15, 0.2) is 0 Å². The maximum atomic E-state index is 13.5. The first-order valence-electron chi connectivity index (χ1n) is 11.8. The molecule has 4 bridgehead atoms. The fourth-order valence-electron chi connectivity index (χ4n) is 7.05. The third kappa shape index (κ3) is 3.90. The van der Waals surface area contributed by atoms with E-state index in [0.717, 1.165) is 32.1 Å². The van der Waals surface area contributed by atoms with E-state index in [-0.39, 0.29) is 42.1 Å². The number of hydrogen-bond donors (Lipinski definition) is 4. The Morgan fingerprint density at radius 3 is 2.55 bits per heavy atom. The number of nitrogens with one attached hydrogen (secondary N) is 1. The Hall–Kier alpha value is -1.88. The van der Waals surface area contributed by atoms with Crippen LogP contribution < -0.4 is 15.4 Å². The molecule has 4 aliphatic carbocycles. The average Bonchev–Trinajstić information content (AvgIpc) is 2.72. The Morgan fingerprint density at radius 2 is 1.91 bits per heavy atom. The minimum absolute atomic E-state index is 0.00328. The van der Waals surface area contributed by atoms with Gasteiger partial charge in [-0.2, -0.15) is 4.31 Å². The van der Waals surface area contributed by atoms with Gasteiger partial charge in [-0.05, 0) is 97.9 Å². The Kier molecular flexibility index (Phi) is 5.63. The highest BCUT2D eigenvalue weighted by molar-refractivity contribution is 8.23. The maximum absolute atomic E-state index is 13.5. The van der Waals surface area contributed by atoms with Crippen molar-refractivity contribution in [3.05, 3.63) is 29.6 Å². The number of nitrogens with two attached hydrogens (primary N) is 1. The molecule has 8 nitrogen and oxygen atoms in total. The summed E-state index contributed by atoms with van der Waals surface area (Å²) in [4.78, 5) is 25.2. The number of benzene rings is 1. The van der Waals surface area contributed by atoms with Gasteiger partial charge in [-0.1, -0.05) is 0 Å². The lowest BCUT2D eigenvalue weighted by molar-refractivity contribution is -0.147. The van der Waals surface area contributed by atoms with Gasteiger partial charge in [0.1, 0.15) is 5.82 Å². The summed E-state index contributed by atoms with van der Waals surface area (Å²) in [5.74, 6) is 0.170. The molecule has 0 spiro atoms. The van der Waals surface area contributed by atoms with Crippen molar-refractivity contribution in [2.45, 2.75) is 51.5 Å². The van der Waals surface area contributed by atoms with E-state index >= 15 is 0 Å². The van der Waals surface area contributed by atoms with Crippen molar-refractivity contribution in [2.75, 3.05) is 23.9 Å². The number of amides is 2. The fourth-order valence-corrected chi connectivity index (χ4v) is 8.83. The maximum Gasteiger partial charge on any atom is 0.236 e. The summed E-state index contributed by atoms with van der Waals surface area (Å²) in [7, 11) is -3.41. The molecule has 4 saturated carbocycles. The lowest BCUT2D eigenvalue weighted by Gasteiger charge is -2.59. The topological polar surface area (TPSA) is 119 Å². The van der Waals surface area contributed by atoms with Crippen molar-refractivity contribution in [1.29, 1.82) is 0 Å². The molecule has 5 N–H and O–H groups in total. The molecular formula is C23H33FN4O4S. The SMILES string of the molecule is Cc1cc(F)ccc1N1CCCN(CC(=O)NC2C3CC4CC2CC(C(N)=O)(C4)C3)S1(O)O. The lowest BCUT2D eigenvalue weighted by atomic mass is 9.47. The van der Waals surface area contributed by atoms with Crippen LogP contribution in [0, 0.1) is 35.9 Å². The summed E-state index contributed by atoms with van der Waals surface area (Å²) in [6.07, 6.45) is 5.01. The molecule has 1 aliphatic heterocycles. The predicted molar refractivity (Wildman–Crippen MR) is 125 cm³/mol. The number of aryl methyl sites for hydroxylation is 1. The Bertz CT molecular complexity index is 960. The van der Waals surface area contributed by atoms with E-state index in [1.165, 1.54) is 20.7 Å². The zero-order valence-corrected chi connectivity index (χ0v) is 19.7. The fraction of sp³-hybridized carbons (Fsp3) is 0.652. The zero-order chi connectivity index (χ0) is 23.5. The predicted octanol–water partition coefficient (Wildman–Crippen LogP) is 3.02. The molecule has 1 aromatic carbocycles. The molecule has 1 aromatic rings. The van der Waals surface area contributed by atoms with Gasteiger partial charge in [0.2, 0.25) is 11.8 Å². The summed E-state index contributed by atoms with van der Waals surface area (Å²) < 4.78 is 38.6. The minimum Gasteiger partial charge on any atom is -0.369 e. The van der Waals surface area contributed by atoms with Crippen LogP contribution in [0.3, 0.4) is 0 Å². The molecule has 2 atom stereocenters. The van der Waals surface area contributed by atoms with Crippen LogP contribution in [-0.4, -0.2) is 50.9 Å². The number of anilines is 1. The Labute approximate surface area is 195 Å². The van der Waals surface area contributed by atoms with Gasteiger partial charge in [0.05, 0.1) is 12.2 Å². The van der Waals surface area contributed by atoms with Crippen LogP contribution in [-0.2, 0) is 9.59 Å². The highest BCUT2D eigenvalue weighted by Gasteiger charge is 2.58. The average molecular weight is 481 g/mol. The molecule has 5 aliphatic rings. The molecule has 182 valence electrons. The molecule has 6 rings (SSSR count). The van der Waals surface area contributed by atoms with Crippen LogP contribution in [0.15, 0.2) is 18.2 Å². The first-order valence-corrected chi connectivity index (χ1v) is 13.2. The van der Waals surface area contributed by atoms with Crippen molar-refractivity contribution in [1.82, 2.24) is 9.62 Å². The summed E-state index contributed by atoms with van der Waals surface area (Å²) in [6, 6.07) is 4.21. The number of nitrogens with zero attached hydrogens (tertiary/aromatic N) is 2. The second-order valence-electron chi connectivity index (χ2n) is 10.4. The van der Waals surface area contributed by atoms with Crippen LogP contribution >= 0.6 is 11.0 Å². The van der Waals surface area contributed by atoms with Crippen molar-refractivity contribution < 1.29 is 23.1 Å². The number of primary amides is 1. The highest BCUT2D eigenvalue weighted by Crippen LogP contribution is 2.60. The summed E-state index contributed by atoms with van der Waals surface area (Å²) in [5.41, 5.74) is 6.52. The van der Waals surface area contributed by atoms with Crippen molar-refractivity contribution >= 4 is 28.5 Å². The van der Waals surface area contributed by atoms with Crippen LogP contribution in [0.4, 0.5) is 10.1 Å². The van der Waals surface area contributed by atoms with E-state index in [4.69, 9.17) is 5.73 Å². The van der Waals surface area contributed by atoms with Crippen LogP contribution in [0.1, 0.15) is 44.1 Å². The number of halogens is 1. The third-order valence-corrected chi connectivity index (χ3v) is 10.3. The van der Waals surface area contributed by atoms with E-state index < -0.39 is 16.4 Å². The largest absolute Gasteiger partial charge is 0.369 e. The van der Waals surface area contributed by atoms with Gasteiger partial charge >= 0.3 is 0 Å². The van der Waals surface area contributed by atoms with Crippen LogP contribution in [0.25, 0.3) is 0 Å². The number of carbonyl (C=O) groups is 2. The summed E-state index contributed by atoms with van der Waals surface area (Å²) >= 11 is 0. The van der Waals surface area contributed by atoms with Crippen LogP contribution in [0.2, 0.25) is 0 Å². The Balaban J connectivity index is 1.27. The molecule has 10 heteroatoms. The highest BCUT2D eigenvalue weighted by atomic mass is 32.3. The molecule has 0 radical (unpaired) electrons. The quantitative estimate of drug-likeness (QED) is 0.514. The molecule has 2 unspecified atom stereocenters. The molecule has 1 heterocycles. The molecule has 2 amide bonds. The molecule has 1 saturated heterocycles. The minimum atomic E-state index is -3.41. The molecule has 0 aromatic heterocycles. The van der Waals surface area contributed by atoms with Crippen molar-refractivity contribution in [2.24, 2.45) is 28.9 Å². The number of rotatable bonds is 5. The van der Waals surface area contributed by atoms with Gasteiger partial charge in [0.25, 0.3) is 0 Å². The summed E-state index contributed by atoms with van der Waals surface area (Å²) in [5, 5.41) is 3.17. The first kappa shape index (κ1) is 22.9. The van der Waals surface area contributed by atoms with E-state index in [1.54, 1.807) is 13.0 Å².